The van der Waals surface area contributed by atoms with Gasteiger partial charge in [-0.1, -0.05) is 18.2 Å². The summed E-state index contributed by atoms with van der Waals surface area (Å²) in [4.78, 5) is 20.8. The second-order valence-electron chi connectivity index (χ2n) is 7.08. The minimum atomic E-state index is -1.33. The topological polar surface area (TPSA) is 65.9 Å². The van der Waals surface area contributed by atoms with Gasteiger partial charge >= 0.3 is 0 Å². The van der Waals surface area contributed by atoms with Gasteiger partial charge in [0.2, 0.25) is 0 Å². The molecule has 3 rings (SSSR count). The summed E-state index contributed by atoms with van der Waals surface area (Å²) in [5.41, 5.74) is 0.765. The van der Waals surface area contributed by atoms with Crippen LogP contribution in [0, 0.1) is 0 Å². The lowest BCUT2D eigenvalue weighted by atomic mass is 9.91. The Morgan fingerprint density at radius 1 is 1.35 bits per heavy atom. The molecule has 1 aromatic carbocycles. The molecule has 2 heterocycles. The molecule has 0 bridgehead atoms. The molecule has 1 aromatic heterocycles. The maximum absolute atomic E-state index is 12.7. The van der Waals surface area contributed by atoms with Gasteiger partial charge in [-0.2, -0.15) is 0 Å². The Labute approximate surface area is 154 Å². The highest BCUT2D eigenvalue weighted by molar-refractivity contribution is 5.86. The van der Waals surface area contributed by atoms with Gasteiger partial charge in [0.05, 0.1) is 12.1 Å². The Balaban J connectivity index is 1.70. The molecule has 1 aliphatic rings. The van der Waals surface area contributed by atoms with E-state index < -0.39 is 5.60 Å². The van der Waals surface area contributed by atoms with Crippen molar-refractivity contribution >= 4 is 16.8 Å². The number of piperidine rings is 1. The number of ether oxygens (including phenoxy) is 1. The number of aliphatic hydroxyl groups is 1. The Morgan fingerprint density at radius 2 is 2.19 bits per heavy atom. The van der Waals surface area contributed by atoms with Crippen LogP contribution >= 0.6 is 0 Å². The fourth-order valence-electron chi connectivity index (χ4n) is 3.72. The molecule has 1 saturated heterocycles. The number of aromatic nitrogens is 1. The number of hydrogen-bond acceptors (Lipinski definition) is 5. The van der Waals surface area contributed by atoms with Crippen LogP contribution in [-0.2, 0) is 16.1 Å². The van der Waals surface area contributed by atoms with Crippen LogP contribution in [0.3, 0.4) is 0 Å². The van der Waals surface area contributed by atoms with Crippen LogP contribution in [-0.4, -0.2) is 71.8 Å². The fraction of sp³-hybridized carbons (Fsp3) is 0.500. The third-order valence-electron chi connectivity index (χ3n) is 4.98. The summed E-state index contributed by atoms with van der Waals surface area (Å²) >= 11 is 0. The van der Waals surface area contributed by atoms with Crippen molar-refractivity contribution in [2.45, 2.75) is 25.0 Å². The van der Waals surface area contributed by atoms with Crippen molar-refractivity contribution in [3.63, 3.8) is 0 Å². The molecule has 1 atom stereocenters. The molecule has 2 aromatic rings. The summed E-state index contributed by atoms with van der Waals surface area (Å²) < 4.78 is 5.07. The van der Waals surface area contributed by atoms with E-state index in [2.05, 4.69) is 17.1 Å². The van der Waals surface area contributed by atoms with Crippen LogP contribution in [0.25, 0.3) is 10.9 Å². The zero-order chi connectivity index (χ0) is 18.6. The van der Waals surface area contributed by atoms with E-state index in [4.69, 9.17) is 4.74 Å². The lowest BCUT2D eigenvalue weighted by Gasteiger charge is -2.40. The first-order valence-electron chi connectivity index (χ1n) is 9.05. The first-order valence-corrected chi connectivity index (χ1v) is 9.05. The van der Waals surface area contributed by atoms with Crippen LogP contribution in [0.1, 0.15) is 18.4 Å². The third kappa shape index (κ3) is 4.03. The van der Waals surface area contributed by atoms with Crippen molar-refractivity contribution < 1.29 is 14.6 Å². The highest BCUT2D eigenvalue weighted by atomic mass is 16.5. The fourth-order valence-corrected chi connectivity index (χ4v) is 3.72. The lowest BCUT2D eigenvalue weighted by molar-refractivity contribution is -0.159. The first kappa shape index (κ1) is 18.8. The van der Waals surface area contributed by atoms with Crippen LogP contribution in [0.15, 0.2) is 36.5 Å². The molecule has 140 valence electrons. The van der Waals surface area contributed by atoms with Gasteiger partial charge in [-0.05, 0) is 37.6 Å². The molecule has 0 spiro atoms. The molecule has 1 aliphatic heterocycles. The lowest BCUT2D eigenvalue weighted by Crippen LogP contribution is -2.58. The van der Waals surface area contributed by atoms with Gasteiger partial charge in [-0.3, -0.25) is 14.7 Å². The van der Waals surface area contributed by atoms with E-state index >= 15 is 0 Å². The molecule has 6 heteroatoms. The number of hydrogen-bond donors (Lipinski definition) is 1. The number of carbonyl (C=O) groups is 1. The maximum atomic E-state index is 12.7. The summed E-state index contributed by atoms with van der Waals surface area (Å²) in [5, 5.41) is 12.1. The monoisotopic (exact) mass is 357 g/mol. The van der Waals surface area contributed by atoms with E-state index in [1.165, 1.54) is 0 Å². The van der Waals surface area contributed by atoms with Crippen molar-refractivity contribution in [3.8, 4) is 0 Å². The van der Waals surface area contributed by atoms with Crippen molar-refractivity contribution in [1.82, 2.24) is 14.8 Å². The standard InChI is InChI=1S/C20H27N3O3/c1-22(14-16-6-3-8-18-17(16)7-4-10-21-18)15-20(25)9-5-11-23(19(20)24)12-13-26-2/h3-4,6-8,10,25H,5,9,11-15H2,1-2H3. The number of methoxy groups -OCH3 is 1. The van der Waals surface area contributed by atoms with Crippen LogP contribution < -0.4 is 0 Å². The zero-order valence-electron chi connectivity index (χ0n) is 15.5. The average molecular weight is 357 g/mol. The van der Waals surface area contributed by atoms with Crippen molar-refractivity contribution in [2.24, 2.45) is 0 Å². The molecule has 1 fully saturated rings. The van der Waals surface area contributed by atoms with Gasteiger partial charge < -0.3 is 14.7 Å². The summed E-state index contributed by atoms with van der Waals surface area (Å²) in [7, 11) is 3.56. The van der Waals surface area contributed by atoms with E-state index in [1.54, 1.807) is 18.2 Å². The Hall–Kier alpha value is -2.02. The Bertz CT molecular complexity index is 762. The van der Waals surface area contributed by atoms with Gasteiger partial charge in [0, 0.05) is 44.9 Å². The smallest absolute Gasteiger partial charge is 0.255 e. The molecular formula is C20H27N3O3. The minimum Gasteiger partial charge on any atom is -0.383 e. The van der Waals surface area contributed by atoms with E-state index in [-0.39, 0.29) is 5.91 Å². The van der Waals surface area contributed by atoms with Crippen LogP contribution in [0.2, 0.25) is 0 Å². The highest BCUT2D eigenvalue weighted by Crippen LogP contribution is 2.25. The highest BCUT2D eigenvalue weighted by Gasteiger charge is 2.42. The quantitative estimate of drug-likeness (QED) is 0.816. The molecular weight excluding hydrogens is 330 g/mol. The molecule has 1 unspecified atom stereocenters. The van der Waals surface area contributed by atoms with Gasteiger partial charge in [0.15, 0.2) is 5.60 Å². The third-order valence-corrected chi connectivity index (χ3v) is 4.98. The maximum Gasteiger partial charge on any atom is 0.255 e. The largest absolute Gasteiger partial charge is 0.383 e. The number of likely N-dealkylation sites (N-methyl/N-ethyl adjacent to an activating group) is 1. The van der Waals surface area contributed by atoms with E-state index in [0.717, 1.165) is 22.9 Å². The van der Waals surface area contributed by atoms with Gasteiger partial charge in [0.1, 0.15) is 0 Å². The zero-order valence-corrected chi connectivity index (χ0v) is 15.5. The average Bonchev–Trinajstić information content (AvgIpc) is 2.63. The van der Waals surface area contributed by atoms with Gasteiger partial charge in [-0.15, -0.1) is 0 Å². The normalized spacial score (nSPS) is 20.9. The molecule has 0 radical (unpaired) electrons. The molecule has 0 aliphatic carbocycles. The minimum absolute atomic E-state index is 0.188. The van der Waals surface area contributed by atoms with Gasteiger partial charge in [-0.25, -0.2) is 0 Å². The predicted molar refractivity (Wildman–Crippen MR) is 101 cm³/mol. The van der Waals surface area contributed by atoms with E-state index in [0.29, 0.717) is 39.2 Å². The summed E-state index contributed by atoms with van der Waals surface area (Å²) in [6.45, 7) is 2.66. The molecule has 1 amide bonds. The summed E-state index contributed by atoms with van der Waals surface area (Å²) in [6, 6.07) is 10.0. The molecule has 6 nitrogen and oxygen atoms in total. The number of likely N-dealkylation sites (tertiary alicyclic amines) is 1. The van der Waals surface area contributed by atoms with Crippen LogP contribution in [0.5, 0.6) is 0 Å². The van der Waals surface area contributed by atoms with Crippen molar-refractivity contribution in [1.29, 1.82) is 0 Å². The predicted octanol–water partition coefficient (Wildman–Crippen LogP) is 1.67. The molecule has 0 saturated carbocycles. The van der Waals surface area contributed by atoms with Crippen LogP contribution in [0.4, 0.5) is 0 Å². The number of pyridine rings is 1. The SMILES string of the molecule is COCCN1CCCC(O)(CN(C)Cc2cccc3ncccc23)C1=O. The van der Waals surface area contributed by atoms with Crippen molar-refractivity contribution in [3.05, 3.63) is 42.1 Å². The molecule has 1 N–H and O–H groups in total. The first-order chi connectivity index (χ1) is 12.5. The van der Waals surface area contributed by atoms with Gasteiger partial charge in [0.25, 0.3) is 5.91 Å². The number of fused-ring (bicyclic) bond motifs is 1. The number of nitrogens with zero attached hydrogens (tertiary/aromatic N) is 3. The number of amides is 1. The van der Waals surface area contributed by atoms with E-state index in [1.807, 2.05) is 30.1 Å². The van der Waals surface area contributed by atoms with Crippen molar-refractivity contribution in [2.75, 3.05) is 40.4 Å². The summed E-state index contributed by atoms with van der Waals surface area (Å²) in [6.07, 6.45) is 3.09. The summed E-state index contributed by atoms with van der Waals surface area (Å²) in [5.74, 6) is -0.188. The second kappa shape index (κ2) is 8.12. The number of rotatable bonds is 7. The molecule has 26 heavy (non-hydrogen) atoms. The Morgan fingerprint density at radius 3 is 3.00 bits per heavy atom. The Kier molecular flexibility index (Phi) is 5.86. The van der Waals surface area contributed by atoms with E-state index in [9.17, 15) is 9.90 Å². The second-order valence-corrected chi connectivity index (χ2v) is 7.08. The number of benzene rings is 1. The number of carbonyl (C=O) groups excluding carboxylic acids is 1.